The second kappa shape index (κ2) is 5.95. The first kappa shape index (κ1) is 13.7. The lowest BCUT2D eigenvalue weighted by molar-refractivity contribution is 0.397. The molecular formula is C15H16ClNO2. The molecular weight excluding hydrogens is 262 g/mol. The minimum atomic E-state index is 0.424. The summed E-state index contributed by atoms with van der Waals surface area (Å²) in [5.41, 5.74) is 8.59. The molecule has 0 aliphatic rings. The Morgan fingerprint density at radius 1 is 1.05 bits per heavy atom. The van der Waals surface area contributed by atoms with E-state index in [1.807, 2.05) is 36.4 Å². The van der Waals surface area contributed by atoms with Crippen LogP contribution in [0.2, 0.25) is 5.02 Å². The van der Waals surface area contributed by atoms with Gasteiger partial charge in [-0.1, -0.05) is 23.7 Å². The van der Waals surface area contributed by atoms with Crippen LogP contribution in [0.5, 0.6) is 11.5 Å². The normalized spacial score (nSPS) is 10.3. The molecule has 0 saturated heterocycles. The Kier molecular flexibility index (Phi) is 4.30. The van der Waals surface area contributed by atoms with E-state index in [2.05, 4.69) is 0 Å². The van der Waals surface area contributed by atoms with Crippen LogP contribution < -0.4 is 15.2 Å². The van der Waals surface area contributed by atoms with E-state index in [9.17, 15) is 0 Å². The Balaban J connectivity index is 2.73. The Morgan fingerprint density at radius 2 is 1.68 bits per heavy atom. The van der Waals surface area contributed by atoms with Gasteiger partial charge >= 0.3 is 0 Å². The zero-order valence-corrected chi connectivity index (χ0v) is 11.7. The van der Waals surface area contributed by atoms with Gasteiger partial charge in [-0.05, 0) is 35.4 Å². The van der Waals surface area contributed by atoms with E-state index < -0.39 is 0 Å². The van der Waals surface area contributed by atoms with Crippen molar-refractivity contribution in [3.8, 4) is 22.6 Å². The molecule has 100 valence electrons. The molecule has 2 aromatic carbocycles. The van der Waals surface area contributed by atoms with E-state index in [1.165, 1.54) is 0 Å². The van der Waals surface area contributed by atoms with Crippen molar-refractivity contribution in [2.75, 3.05) is 14.2 Å². The summed E-state index contributed by atoms with van der Waals surface area (Å²) in [6.07, 6.45) is 0. The van der Waals surface area contributed by atoms with E-state index in [0.29, 0.717) is 11.6 Å². The van der Waals surface area contributed by atoms with Crippen molar-refractivity contribution < 1.29 is 9.47 Å². The molecule has 2 N–H and O–H groups in total. The zero-order valence-electron chi connectivity index (χ0n) is 10.9. The average Bonchev–Trinajstić information content (AvgIpc) is 2.46. The van der Waals surface area contributed by atoms with Crippen LogP contribution in [0.4, 0.5) is 0 Å². The van der Waals surface area contributed by atoms with E-state index in [-0.39, 0.29) is 0 Å². The number of hydrogen-bond acceptors (Lipinski definition) is 3. The third kappa shape index (κ3) is 2.67. The third-order valence-electron chi connectivity index (χ3n) is 2.99. The standard InChI is InChI=1S/C15H16ClNO2/c1-18-13-4-3-5-14(19-2)15(13)12-8-11(16)7-6-10(12)9-17/h3-8H,9,17H2,1-2H3. The minimum Gasteiger partial charge on any atom is -0.496 e. The lowest BCUT2D eigenvalue weighted by Gasteiger charge is -2.16. The van der Waals surface area contributed by atoms with Crippen LogP contribution in [-0.2, 0) is 6.54 Å². The Hall–Kier alpha value is -1.71. The number of ether oxygens (including phenoxy) is 2. The van der Waals surface area contributed by atoms with Crippen LogP contribution in [0, 0.1) is 0 Å². The highest BCUT2D eigenvalue weighted by molar-refractivity contribution is 6.31. The lowest BCUT2D eigenvalue weighted by atomic mass is 9.98. The van der Waals surface area contributed by atoms with Gasteiger partial charge in [-0.2, -0.15) is 0 Å². The van der Waals surface area contributed by atoms with Crippen molar-refractivity contribution >= 4 is 11.6 Å². The number of halogens is 1. The van der Waals surface area contributed by atoms with Crippen molar-refractivity contribution in [3.63, 3.8) is 0 Å². The molecule has 0 bridgehead atoms. The maximum absolute atomic E-state index is 6.09. The van der Waals surface area contributed by atoms with Crippen LogP contribution in [0.15, 0.2) is 36.4 Å². The van der Waals surface area contributed by atoms with Crippen molar-refractivity contribution in [3.05, 3.63) is 47.0 Å². The molecule has 3 nitrogen and oxygen atoms in total. The van der Waals surface area contributed by atoms with Gasteiger partial charge in [0, 0.05) is 11.6 Å². The van der Waals surface area contributed by atoms with Gasteiger partial charge in [-0.25, -0.2) is 0 Å². The summed E-state index contributed by atoms with van der Waals surface area (Å²) in [6.45, 7) is 0.424. The molecule has 4 heteroatoms. The first-order valence-corrected chi connectivity index (χ1v) is 6.29. The molecule has 0 unspecified atom stereocenters. The predicted octanol–water partition coefficient (Wildman–Crippen LogP) is 3.48. The fraction of sp³-hybridized carbons (Fsp3) is 0.200. The third-order valence-corrected chi connectivity index (χ3v) is 3.22. The molecule has 0 aliphatic carbocycles. The van der Waals surface area contributed by atoms with Gasteiger partial charge in [0.25, 0.3) is 0 Å². The first-order valence-electron chi connectivity index (χ1n) is 5.91. The quantitative estimate of drug-likeness (QED) is 0.930. The minimum absolute atomic E-state index is 0.424. The fourth-order valence-electron chi connectivity index (χ4n) is 2.08. The number of hydrogen-bond donors (Lipinski definition) is 1. The molecule has 0 radical (unpaired) electrons. The molecule has 0 fully saturated rings. The van der Waals surface area contributed by atoms with Crippen molar-refractivity contribution in [1.29, 1.82) is 0 Å². The fourth-order valence-corrected chi connectivity index (χ4v) is 2.25. The molecule has 19 heavy (non-hydrogen) atoms. The molecule has 0 spiro atoms. The molecule has 0 amide bonds. The zero-order chi connectivity index (χ0) is 13.8. The SMILES string of the molecule is COc1cccc(OC)c1-c1cc(Cl)ccc1CN. The van der Waals surface area contributed by atoms with Crippen molar-refractivity contribution in [2.24, 2.45) is 5.73 Å². The molecule has 0 heterocycles. The summed E-state index contributed by atoms with van der Waals surface area (Å²) in [5.74, 6) is 1.47. The summed E-state index contributed by atoms with van der Waals surface area (Å²) in [6, 6.07) is 11.3. The number of rotatable bonds is 4. The predicted molar refractivity (Wildman–Crippen MR) is 77.9 cm³/mol. The summed E-state index contributed by atoms with van der Waals surface area (Å²) < 4.78 is 10.8. The molecule has 2 rings (SSSR count). The van der Waals surface area contributed by atoms with Gasteiger partial charge in [0.2, 0.25) is 0 Å². The van der Waals surface area contributed by atoms with Crippen LogP contribution in [0.25, 0.3) is 11.1 Å². The first-order chi connectivity index (χ1) is 9.21. The van der Waals surface area contributed by atoms with Gasteiger partial charge in [0.15, 0.2) is 0 Å². The van der Waals surface area contributed by atoms with E-state index in [1.54, 1.807) is 14.2 Å². The average molecular weight is 278 g/mol. The molecule has 0 aromatic heterocycles. The number of benzene rings is 2. The smallest absolute Gasteiger partial charge is 0.130 e. The van der Waals surface area contributed by atoms with Gasteiger partial charge in [0.05, 0.1) is 19.8 Å². The number of nitrogens with two attached hydrogens (primary N) is 1. The van der Waals surface area contributed by atoms with Crippen LogP contribution in [0.1, 0.15) is 5.56 Å². The van der Waals surface area contributed by atoms with Crippen molar-refractivity contribution in [1.82, 2.24) is 0 Å². The van der Waals surface area contributed by atoms with Crippen LogP contribution in [-0.4, -0.2) is 14.2 Å². The highest BCUT2D eigenvalue weighted by atomic mass is 35.5. The topological polar surface area (TPSA) is 44.5 Å². The van der Waals surface area contributed by atoms with Gasteiger partial charge < -0.3 is 15.2 Å². The van der Waals surface area contributed by atoms with E-state index >= 15 is 0 Å². The maximum atomic E-state index is 6.09. The molecule has 0 aliphatic heterocycles. The largest absolute Gasteiger partial charge is 0.496 e. The van der Waals surface area contributed by atoms with Crippen LogP contribution >= 0.6 is 11.6 Å². The summed E-state index contributed by atoms with van der Waals surface area (Å²) in [4.78, 5) is 0. The highest BCUT2D eigenvalue weighted by Gasteiger charge is 2.15. The molecule has 0 atom stereocenters. The van der Waals surface area contributed by atoms with Crippen molar-refractivity contribution in [2.45, 2.75) is 6.54 Å². The van der Waals surface area contributed by atoms with E-state index in [4.69, 9.17) is 26.8 Å². The Bertz CT molecular complexity index is 562. The van der Waals surface area contributed by atoms with Gasteiger partial charge in [-0.15, -0.1) is 0 Å². The second-order valence-corrected chi connectivity index (χ2v) is 4.48. The maximum Gasteiger partial charge on any atom is 0.130 e. The second-order valence-electron chi connectivity index (χ2n) is 4.04. The lowest BCUT2D eigenvalue weighted by Crippen LogP contribution is -2.01. The molecule has 0 saturated carbocycles. The number of methoxy groups -OCH3 is 2. The molecule has 2 aromatic rings. The van der Waals surface area contributed by atoms with Gasteiger partial charge in [0.1, 0.15) is 11.5 Å². The summed E-state index contributed by atoms with van der Waals surface area (Å²) >= 11 is 6.09. The Labute approximate surface area is 117 Å². The highest BCUT2D eigenvalue weighted by Crippen LogP contribution is 2.40. The Morgan fingerprint density at radius 3 is 2.21 bits per heavy atom. The summed E-state index contributed by atoms with van der Waals surface area (Å²) in [7, 11) is 3.26. The van der Waals surface area contributed by atoms with Gasteiger partial charge in [-0.3, -0.25) is 0 Å². The monoisotopic (exact) mass is 277 g/mol. The van der Waals surface area contributed by atoms with Crippen LogP contribution in [0.3, 0.4) is 0 Å². The van der Waals surface area contributed by atoms with E-state index in [0.717, 1.165) is 28.2 Å². The summed E-state index contributed by atoms with van der Waals surface area (Å²) in [5, 5.41) is 0.653.